The third-order valence-electron chi connectivity index (χ3n) is 5.45. The van der Waals surface area contributed by atoms with Gasteiger partial charge in [-0.2, -0.15) is 5.10 Å². The van der Waals surface area contributed by atoms with E-state index in [1.165, 1.54) is 12.1 Å². The summed E-state index contributed by atoms with van der Waals surface area (Å²) < 4.78 is 0. The summed E-state index contributed by atoms with van der Waals surface area (Å²) in [5.41, 5.74) is 14.3. The minimum atomic E-state index is -0.111. The molecular weight excluding hydrogens is 449 g/mol. The summed E-state index contributed by atoms with van der Waals surface area (Å²) >= 11 is 12.3. The number of carbonyl (C=O) groups is 1. The second-order valence-electron chi connectivity index (χ2n) is 7.67. The molecule has 1 amide bonds. The van der Waals surface area contributed by atoms with Crippen molar-refractivity contribution in [2.24, 2.45) is 10.8 Å². The third kappa shape index (κ3) is 4.66. The van der Waals surface area contributed by atoms with Gasteiger partial charge >= 0.3 is 0 Å². The molecule has 0 fully saturated rings. The van der Waals surface area contributed by atoms with Crippen LogP contribution in [0.2, 0.25) is 10.0 Å². The van der Waals surface area contributed by atoms with Crippen molar-refractivity contribution in [2.75, 3.05) is 0 Å². The Morgan fingerprint density at radius 3 is 2.53 bits per heavy atom. The molecule has 0 saturated heterocycles. The smallest absolute Gasteiger partial charge is 0.240 e. The predicted octanol–water partition coefficient (Wildman–Crippen LogP) is 4.84. The molecule has 0 spiro atoms. The summed E-state index contributed by atoms with van der Waals surface area (Å²) in [6.07, 6.45) is 5.64. The Kier molecular flexibility index (Phi) is 6.26. The zero-order valence-corrected chi connectivity index (χ0v) is 18.5. The molecule has 1 aliphatic carbocycles. The lowest BCUT2D eigenvalue weighted by molar-refractivity contribution is -0.121. The van der Waals surface area contributed by atoms with Gasteiger partial charge in [0.15, 0.2) is 0 Å². The van der Waals surface area contributed by atoms with Gasteiger partial charge in [-0.1, -0.05) is 41.4 Å². The monoisotopic (exact) mass is 469 g/mol. The topological polar surface area (TPSA) is 108 Å². The van der Waals surface area contributed by atoms with Crippen molar-refractivity contribution in [1.29, 1.82) is 0 Å². The van der Waals surface area contributed by atoms with Gasteiger partial charge in [0.05, 0.1) is 15.8 Å². The van der Waals surface area contributed by atoms with Crippen molar-refractivity contribution in [1.82, 2.24) is 5.43 Å². The SMILES string of the molecule is NC1=C(C2=NNC(=O)CC2)C=CC(=C(Cc2ccc(Cl)c(Cl)c2)c2ccc(O)cc2O)C1. The average molecular weight is 470 g/mol. The van der Waals surface area contributed by atoms with Crippen LogP contribution in [-0.2, 0) is 11.2 Å². The van der Waals surface area contributed by atoms with Crippen molar-refractivity contribution in [2.45, 2.75) is 25.7 Å². The highest BCUT2D eigenvalue weighted by molar-refractivity contribution is 6.42. The first-order valence-corrected chi connectivity index (χ1v) is 10.8. The van der Waals surface area contributed by atoms with Crippen LogP contribution in [0.25, 0.3) is 5.57 Å². The van der Waals surface area contributed by atoms with Gasteiger partial charge in [-0.25, -0.2) is 5.43 Å². The Bertz CT molecular complexity index is 1230. The van der Waals surface area contributed by atoms with Gasteiger partial charge in [-0.3, -0.25) is 4.79 Å². The van der Waals surface area contributed by atoms with Gasteiger partial charge in [-0.05, 0) is 47.4 Å². The van der Waals surface area contributed by atoms with Gasteiger partial charge in [-0.15, -0.1) is 0 Å². The van der Waals surface area contributed by atoms with E-state index in [-0.39, 0.29) is 17.4 Å². The zero-order chi connectivity index (χ0) is 22.8. The Labute approximate surface area is 195 Å². The molecule has 1 heterocycles. The fourth-order valence-electron chi connectivity index (χ4n) is 3.82. The van der Waals surface area contributed by atoms with Crippen LogP contribution in [0.3, 0.4) is 0 Å². The molecule has 6 nitrogen and oxygen atoms in total. The number of hydrogen-bond donors (Lipinski definition) is 4. The van der Waals surface area contributed by atoms with E-state index in [0.29, 0.717) is 47.0 Å². The van der Waals surface area contributed by atoms with E-state index in [4.69, 9.17) is 28.9 Å². The molecule has 0 aromatic heterocycles. The largest absolute Gasteiger partial charge is 0.508 e. The fraction of sp³-hybridized carbons (Fsp3) is 0.167. The number of amides is 1. The summed E-state index contributed by atoms with van der Waals surface area (Å²) in [7, 11) is 0. The molecule has 5 N–H and O–H groups in total. The normalized spacial score (nSPS) is 17.8. The molecule has 2 aliphatic rings. The fourth-order valence-corrected chi connectivity index (χ4v) is 4.14. The highest BCUT2D eigenvalue weighted by Gasteiger charge is 2.21. The summed E-state index contributed by atoms with van der Waals surface area (Å²) in [6, 6.07) is 9.91. The number of nitrogens with one attached hydrogen (secondary N) is 1. The number of nitrogens with zero attached hydrogens (tertiary/aromatic N) is 1. The van der Waals surface area contributed by atoms with Gasteiger partial charge in [0.25, 0.3) is 0 Å². The molecule has 32 heavy (non-hydrogen) atoms. The summed E-state index contributed by atoms with van der Waals surface area (Å²) in [6.45, 7) is 0. The zero-order valence-electron chi connectivity index (χ0n) is 17.0. The number of nitrogens with two attached hydrogens (primary N) is 1. The van der Waals surface area contributed by atoms with Crippen molar-refractivity contribution >= 4 is 40.4 Å². The van der Waals surface area contributed by atoms with Crippen molar-refractivity contribution in [3.8, 4) is 11.5 Å². The minimum absolute atomic E-state index is 0.0247. The number of phenolic OH excluding ortho intramolecular Hbond substituents is 2. The quantitative estimate of drug-likeness (QED) is 0.513. The van der Waals surface area contributed by atoms with Crippen molar-refractivity contribution < 1.29 is 15.0 Å². The van der Waals surface area contributed by atoms with E-state index in [1.54, 1.807) is 18.2 Å². The second kappa shape index (κ2) is 9.10. The van der Waals surface area contributed by atoms with Crippen LogP contribution in [-0.4, -0.2) is 21.8 Å². The van der Waals surface area contributed by atoms with Crippen LogP contribution in [0.4, 0.5) is 0 Å². The van der Waals surface area contributed by atoms with E-state index >= 15 is 0 Å². The predicted molar refractivity (Wildman–Crippen MR) is 127 cm³/mol. The summed E-state index contributed by atoms with van der Waals surface area (Å²) in [5.74, 6) is -0.169. The van der Waals surface area contributed by atoms with Gasteiger partial charge in [0, 0.05) is 42.2 Å². The minimum Gasteiger partial charge on any atom is -0.508 e. The maximum absolute atomic E-state index is 11.4. The van der Waals surface area contributed by atoms with E-state index in [2.05, 4.69) is 10.5 Å². The molecule has 2 aromatic rings. The second-order valence-corrected chi connectivity index (χ2v) is 8.49. The summed E-state index contributed by atoms with van der Waals surface area (Å²) in [4.78, 5) is 11.4. The number of benzene rings is 2. The first kappa shape index (κ1) is 22.0. The molecule has 2 aromatic carbocycles. The lowest BCUT2D eigenvalue weighted by Gasteiger charge is -2.22. The Balaban J connectivity index is 1.75. The molecule has 0 radical (unpaired) electrons. The Morgan fingerprint density at radius 1 is 1.06 bits per heavy atom. The molecule has 4 rings (SSSR count). The van der Waals surface area contributed by atoms with Crippen LogP contribution in [0.5, 0.6) is 11.5 Å². The standard InChI is InChI=1S/C24H21Cl2N3O3/c25-19-6-1-13(10-20(19)26)9-18(16-5-3-15(30)12-23(16)31)14-2-4-17(21(27)11-14)22-7-8-24(32)29-28-22/h1-6,10,12,30-31H,7-9,11,27H2,(H,29,32). The number of carbonyl (C=O) groups excluding carboxylic acids is 1. The Hall–Kier alpha value is -3.22. The highest BCUT2D eigenvalue weighted by Crippen LogP contribution is 2.37. The molecule has 0 atom stereocenters. The molecule has 0 saturated carbocycles. The maximum atomic E-state index is 11.4. The van der Waals surface area contributed by atoms with E-state index in [1.807, 2.05) is 18.2 Å². The average Bonchev–Trinajstić information content (AvgIpc) is 2.76. The number of allylic oxidation sites excluding steroid dienone is 5. The number of hydrogen-bond acceptors (Lipinski definition) is 5. The molecule has 8 heteroatoms. The van der Waals surface area contributed by atoms with Crippen LogP contribution in [0, 0.1) is 0 Å². The molecular formula is C24H21Cl2N3O3. The highest BCUT2D eigenvalue weighted by atomic mass is 35.5. The Morgan fingerprint density at radius 2 is 1.88 bits per heavy atom. The van der Waals surface area contributed by atoms with Crippen molar-refractivity contribution in [3.05, 3.63) is 86.6 Å². The maximum Gasteiger partial charge on any atom is 0.240 e. The summed E-state index contributed by atoms with van der Waals surface area (Å²) in [5, 5.41) is 25.3. The number of hydrazone groups is 1. The van der Waals surface area contributed by atoms with E-state index in [0.717, 1.165) is 28.0 Å². The van der Waals surface area contributed by atoms with E-state index in [9.17, 15) is 15.0 Å². The van der Waals surface area contributed by atoms with Gasteiger partial charge < -0.3 is 15.9 Å². The molecule has 0 unspecified atom stereocenters. The van der Waals surface area contributed by atoms with Crippen LogP contribution >= 0.6 is 23.2 Å². The number of halogens is 2. The molecule has 1 aliphatic heterocycles. The lowest BCUT2D eigenvalue weighted by Crippen LogP contribution is -2.27. The molecule has 0 bridgehead atoms. The van der Waals surface area contributed by atoms with Crippen LogP contribution < -0.4 is 11.2 Å². The number of phenols is 2. The van der Waals surface area contributed by atoms with Crippen molar-refractivity contribution in [3.63, 3.8) is 0 Å². The van der Waals surface area contributed by atoms with Gasteiger partial charge in [0.1, 0.15) is 11.5 Å². The number of rotatable bonds is 4. The first-order valence-electron chi connectivity index (χ1n) is 10.0. The van der Waals surface area contributed by atoms with Crippen LogP contribution in [0.15, 0.2) is 70.5 Å². The molecule has 164 valence electrons. The third-order valence-corrected chi connectivity index (χ3v) is 6.19. The number of aromatic hydroxyl groups is 2. The van der Waals surface area contributed by atoms with E-state index < -0.39 is 0 Å². The van der Waals surface area contributed by atoms with Gasteiger partial charge in [0.2, 0.25) is 5.91 Å². The lowest BCUT2D eigenvalue weighted by atomic mass is 9.86. The first-order chi connectivity index (χ1) is 15.3. The van der Waals surface area contributed by atoms with Crippen LogP contribution in [0.1, 0.15) is 30.4 Å².